The Labute approximate surface area is 115 Å². The molecule has 1 fully saturated rings. The van der Waals surface area contributed by atoms with E-state index in [0.29, 0.717) is 11.8 Å². The van der Waals surface area contributed by atoms with E-state index in [9.17, 15) is 18.0 Å². The Hall–Kier alpha value is -1.46. The predicted octanol–water partition coefficient (Wildman–Crippen LogP) is 4.20. The van der Waals surface area contributed by atoms with Gasteiger partial charge in [0.25, 0.3) is 0 Å². The van der Waals surface area contributed by atoms with Crippen molar-refractivity contribution in [2.75, 3.05) is 0 Å². The fourth-order valence-corrected chi connectivity index (χ4v) is 3.23. The van der Waals surface area contributed by atoms with Crippen molar-refractivity contribution in [1.29, 1.82) is 0 Å². The normalized spacial score (nSPS) is 27.6. The van der Waals surface area contributed by atoms with E-state index in [1.165, 1.54) is 4.57 Å². The maximum Gasteiger partial charge on any atom is 0.418 e. The first-order valence-electron chi connectivity index (χ1n) is 6.70. The molecular formula is C14H18F3NO2. The molecular weight excluding hydrogens is 271 g/mol. The maximum atomic E-state index is 12.9. The third-order valence-corrected chi connectivity index (χ3v) is 3.96. The van der Waals surface area contributed by atoms with Gasteiger partial charge in [-0.2, -0.15) is 13.2 Å². The number of hydrogen-bond donors (Lipinski definition) is 1. The van der Waals surface area contributed by atoms with Crippen LogP contribution in [0.5, 0.6) is 0 Å². The van der Waals surface area contributed by atoms with Crippen molar-refractivity contribution in [2.45, 2.75) is 45.3 Å². The molecule has 112 valence electrons. The van der Waals surface area contributed by atoms with Crippen molar-refractivity contribution < 1.29 is 23.1 Å². The molecule has 2 unspecified atom stereocenters. The van der Waals surface area contributed by atoms with Crippen LogP contribution < -0.4 is 0 Å². The number of rotatable bonds is 2. The molecule has 0 saturated heterocycles. The highest BCUT2D eigenvalue weighted by Crippen LogP contribution is 2.39. The van der Waals surface area contributed by atoms with Gasteiger partial charge in [-0.05, 0) is 31.1 Å². The lowest BCUT2D eigenvalue weighted by molar-refractivity contribution is -0.138. The molecule has 2 atom stereocenters. The highest BCUT2D eigenvalue weighted by Gasteiger charge is 2.38. The van der Waals surface area contributed by atoms with Crippen LogP contribution in [0.4, 0.5) is 13.2 Å². The molecule has 1 saturated carbocycles. The quantitative estimate of drug-likeness (QED) is 0.886. The molecule has 3 nitrogen and oxygen atoms in total. The van der Waals surface area contributed by atoms with Gasteiger partial charge in [-0.15, -0.1) is 0 Å². The first kappa shape index (κ1) is 14.9. The lowest BCUT2D eigenvalue weighted by atomic mass is 9.80. The molecule has 1 aliphatic rings. The van der Waals surface area contributed by atoms with E-state index in [-0.39, 0.29) is 6.04 Å². The number of carboxylic acid groups (broad SMARTS) is 1. The number of nitrogens with zero attached hydrogens (tertiary/aromatic N) is 1. The molecule has 0 bridgehead atoms. The van der Waals surface area contributed by atoms with Gasteiger partial charge in [0.2, 0.25) is 0 Å². The molecule has 0 aliphatic heterocycles. The first-order valence-corrected chi connectivity index (χ1v) is 6.70. The maximum absolute atomic E-state index is 12.9. The van der Waals surface area contributed by atoms with Crippen LogP contribution in [0.2, 0.25) is 0 Å². The summed E-state index contributed by atoms with van der Waals surface area (Å²) in [5.41, 5.74) is -1.72. The van der Waals surface area contributed by atoms with Crippen LogP contribution in [0, 0.1) is 11.8 Å². The molecule has 0 amide bonds. The predicted molar refractivity (Wildman–Crippen MR) is 67.6 cm³/mol. The molecule has 0 radical (unpaired) electrons. The van der Waals surface area contributed by atoms with Gasteiger partial charge in [0.05, 0.1) is 11.1 Å². The minimum Gasteiger partial charge on any atom is -0.478 e. The van der Waals surface area contributed by atoms with Crippen molar-refractivity contribution in [1.82, 2.24) is 4.57 Å². The summed E-state index contributed by atoms with van der Waals surface area (Å²) in [6.07, 6.45) is 0.0742. The number of halogens is 3. The lowest BCUT2D eigenvalue weighted by Crippen LogP contribution is -2.21. The number of carboxylic acids is 1. The van der Waals surface area contributed by atoms with E-state index >= 15 is 0 Å². The average molecular weight is 289 g/mol. The minimum absolute atomic E-state index is 0.0528. The summed E-state index contributed by atoms with van der Waals surface area (Å²) < 4.78 is 40.0. The molecule has 6 heteroatoms. The smallest absolute Gasteiger partial charge is 0.418 e. The van der Waals surface area contributed by atoms with Crippen LogP contribution in [-0.4, -0.2) is 15.6 Å². The van der Waals surface area contributed by atoms with E-state index in [4.69, 9.17) is 5.11 Å². The summed E-state index contributed by atoms with van der Waals surface area (Å²) in [5.74, 6) is -0.657. The molecule has 0 spiro atoms. The number of alkyl halides is 3. The van der Waals surface area contributed by atoms with Gasteiger partial charge >= 0.3 is 12.1 Å². The summed E-state index contributed by atoms with van der Waals surface area (Å²) in [6, 6.07) is -0.0528. The molecule has 1 aromatic rings. The number of aromatic carboxylic acids is 1. The van der Waals surface area contributed by atoms with Crippen LogP contribution >= 0.6 is 0 Å². The average Bonchev–Trinajstić information content (AvgIpc) is 2.71. The summed E-state index contributed by atoms with van der Waals surface area (Å²) in [4.78, 5) is 11.0. The number of aromatic nitrogens is 1. The van der Waals surface area contributed by atoms with Gasteiger partial charge in [0.15, 0.2) is 0 Å². The Balaban J connectivity index is 2.36. The van der Waals surface area contributed by atoms with Crippen molar-refractivity contribution in [2.24, 2.45) is 11.8 Å². The Morgan fingerprint density at radius 1 is 1.20 bits per heavy atom. The van der Waals surface area contributed by atoms with Crippen LogP contribution in [0.15, 0.2) is 12.4 Å². The Morgan fingerprint density at radius 2 is 1.75 bits per heavy atom. The van der Waals surface area contributed by atoms with E-state index in [1.54, 1.807) is 0 Å². The zero-order valence-corrected chi connectivity index (χ0v) is 11.4. The van der Waals surface area contributed by atoms with Crippen molar-refractivity contribution in [3.8, 4) is 0 Å². The van der Waals surface area contributed by atoms with E-state index < -0.39 is 23.3 Å². The molecule has 1 N–H and O–H groups in total. The zero-order chi connectivity index (χ0) is 15.1. The zero-order valence-electron chi connectivity index (χ0n) is 11.4. The molecule has 2 rings (SSSR count). The van der Waals surface area contributed by atoms with Crippen molar-refractivity contribution in [3.05, 3.63) is 23.5 Å². The van der Waals surface area contributed by atoms with Crippen LogP contribution in [0.1, 0.15) is 55.1 Å². The minimum atomic E-state index is -4.63. The second-order valence-corrected chi connectivity index (χ2v) is 5.91. The van der Waals surface area contributed by atoms with Gasteiger partial charge < -0.3 is 9.67 Å². The largest absolute Gasteiger partial charge is 0.478 e. The standard InChI is InChI=1S/C14H18F3NO2/c1-8-3-9(2)5-10(4-8)18-6-11(13(19)20)12(7-18)14(15,16)17/h6-10H,3-5H2,1-2H3,(H,19,20). The highest BCUT2D eigenvalue weighted by atomic mass is 19.4. The topological polar surface area (TPSA) is 42.2 Å². The second-order valence-electron chi connectivity index (χ2n) is 5.91. The van der Waals surface area contributed by atoms with Gasteiger partial charge in [0.1, 0.15) is 0 Å². The summed E-state index contributed by atoms with van der Waals surface area (Å²) in [7, 11) is 0. The van der Waals surface area contributed by atoms with Crippen molar-refractivity contribution in [3.63, 3.8) is 0 Å². The summed E-state index contributed by atoms with van der Waals surface area (Å²) in [5, 5.41) is 8.93. The number of carbonyl (C=O) groups is 1. The monoisotopic (exact) mass is 289 g/mol. The Bertz CT molecular complexity index is 497. The third kappa shape index (κ3) is 2.99. The van der Waals surface area contributed by atoms with Crippen molar-refractivity contribution >= 4 is 5.97 Å². The Morgan fingerprint density at radius 3 is 2.15 bits per heavy atom. The van der Waals surface area contributed by atoms with Gasteiger partial charge in [-0.3, -0.25) is 0 Å². The van der Waals surface area contributed by atoms with Crippen LogP contribution in [0.25, 0.3) is 0 Å². The second kappa shape index (κ2) is 5.14. The van der Waals surface area contributed by atoms with E-state index in [1.807, 2.05) is 0 Å². The van der Waals surface area contributed by atoms with Crippen LogP contribution in [-0.2, 0) is 6.18 Å². The van der Waals surface area contributed by atoms with Gasteiger partial charge in [-0.25, -0.2) is 4.79 Å². The summed E-state index contributed by atoms with van der Waals surface area (Å²) in [6.45, 7) is 4.16. The molecule has 0 aromatic carbocycles. The van der Waals surface area contributed by atoms with Crippen LogP contribution in [0.3, 0.4) is 0 Å². The first-order chi connectivity index (χ1) is 9.18. The molecule has 1 aromatic heterocycles. The fourth-order valence-electron chi connectivity index (χ4n) is 3.23. The molecule has 1 heterocycles. The molecule has 1 aliphatic carbocycles. The SMILES string of the molecule is CC1CC(C)CC(n2cc(C(=O)O)c(C(F)(F)F)c2)C1. The summed E-state index contributed by atoms with van der Waals surface area (Å²) >= 11 is 0. The van der Waals surface area contributed by atoms with Gasteiger partial charge in [-0.1, -0.05) is 13.8 Å². The Kier molecular flexibility index (Phi) is 3.84. The number of hydrogen-bond acceptors (Lipinski definition) is 1. The van der Waals surface area contributed by atoms with E-state index in [0.717, 1.165) is 31.7 Å². The van der Waals surface area contributed by atoms with E-state index in [2.05, 4.69) is 13.8 Å². The highest BCUT2D eigenvalue weighted by molar-refractivity contribution is 5.89. The third-order valence-electron chi connectivity index (χ3n) is 3.96. The molecule has 20 heavy (non-hydrogen) atoms. The fraction of sp³-hybridized carbons (Fsp3) is 0.643. The van der Waals surface area contributed by atoms with Gasteiger partial charge in [0, 0.05) is 18.4 Å². The lowest BCUT2D eigenvalue weighted by Gasteiger charge is -2.32.